The Hall–Kier alpha value is -1.51. The van der Waals surface area contributed by atoms with Crippen LogP contribution in [-0.4, -0.2) is 18.9 Å². The number of benzene rings is 1. The predicted octanol–water partition coefficient (Wildman–Crippen LogP) is 1.03. The number of hydrogen-bond donors (Lipinski definition) is 0. The lowest BCUT2D eigenvalue weighted by Crippen LogP contribution is -2.02. The summed E-state index contributed by atoms with van der Waals surface area (Å²) in [5.74, 6) is 0.758. The van der Waals surface area contributed by atoms with Gasteiger partial charge in [0.05, 0.1) is 5.52 Å². The summed E-state index contributed by atoms with van der Waals surface area (Å²) in [6, 6.07) is 10.3. The molecule has 0 spiro atoms. The molecule has 1 aliphatic rings. The van der Waals surface area contributed by atoms with Gasteiger partial charge >= 0.3 is 0 Å². The van der Waals surface area contributed by atoms with Crippen LogP contribution >= 0.6 is 0 Å². The highest BCUT2D eigenvalue weighted by Gasteiger charge is 2.23. The first-order valence-corrected chi connectivity index (χ1v) is 5.35. The van der Waals surface area contributed by atoms with Gasteiger partial charge < -0.3 is 4.74 Å². The highest BCUT2D eigenvalue weighted by Crippen LogP contribution is 2.26. The molecule has 3 rings (SSSR count). The standard InChI is InChI=1S/C12H12BNO/c13-9-2-5-11-8(7-9)1-6-12(14-11)15-10-3-4-10/h1-2,5-7,10H,3-4,13H2. The van der Waals surface area contributed by atoms with Crippen LogP contribution in [0.25, 0.3) is 10.9 Å². The third-order valence-corrected chi connectivity index (χ3v) is 2.63. The van der Waals surface area contributed by atoms with E-state index in [1.807, 2.05) is 12.1 Å². The summed E-state index contributed by atoms with van der Waals surface area (Å²) in [7, 11) is 2.09. The van der Waals surface area contributed by atoms with E-state index in [-0.39, 0.29) is 0 Å². The highest BCUT2D eigenvalue weighted by atomic mass is 16.5. The molecule has 0 atom stereocenters. The van der Waals surface area contributed by atoms with E-state index in [1.165, 1.54) is 23.7 Å². The molecule has 3 heteroatoms. The normalized spacial score (nSPS) is 15.5. The van der Waals surface area contributed by atoms with E-state index in [4.69, 9.17) is 4.74 Å². The van der Waals surface area contributed by atoms with Crippen LogP contribution in [0.5, 0.6) is 5.88 Å². The minimum absolute atomic E-state index is 0.417. The van der Waals surface area contributed by atoms with Gasteiger partial charge in [-0.2, -0.15) is 0 Å². The monoisotopic (exact) mass is 197 g/mol. The first-order chi connectivity index (χ1) is 7.31. The molecular weight excluding hydrogens is 185 g/mol. The maximum atomic E-state index is 5.65. The van der Waals surface area contributed by atoms with Crippen molar-refractivity contribution in [3.63, 3.8) is 0 Å². The lowest BCUT2D eigenvalue weighted by atomic mass is 9.95. The maximum absolute atomic E-state index is 5.65. The SMILES string of the molecule is Bc1ccc2nc(OC3CC3)ccc2c1. The van der Waals surface area contributed by atoms with Crippen LogP contribution in [0.4, 0.5) is 0 Å². The van der Waals surface area contributed by atoms with Crippen LogP contribution in [0.15, 0.2) is 30.3 Å². The minimum Gasteiger partial charge on any atom is -0.474 e. The van der Waals surface area contributed by atoms with Crippen molar-refractivity contribution in [2.75, 3.05) is 0 Å². The van der Waals surface area contributed by atoms with Gasteiger partial charge in [0.25, 0.3) is 0 Å². The number of fused-ring (bicyclic) bond motifs is 1. The summed E-state index contributed by atoms with van der Waals surface area (Å²) in [5, 5.41) is 1.18. The number of hydrogen-bond acceptors (Lipinski definition) is 2. The highest BCUT2D eigenvalue weighted by molar-refractivity contribution is 6.33. The molecule has 1 heterocycles. The third-order valence-electron chi connectivity index (χ3n) is 2.63. The molecule has 1 aromatic heterocycles. The third kappa shape index (κ3) is 1.82. The van der Waals surface area contributed by atoms with Crippen LogP contribution in [0.1, 0.15) is 12.8 Å². The van der Waals surface area contributed by atoms with Gasteiger partial charge in [-0.15, -0.1) is 0 Å². The summed E-state index contributed by atoms with van der Waals surface area (Å²) in [5.41, 5.74) is 2.28. The van der Waals surface area contributed by atoms with E-state index in [1.54, 1.807) is 0 Å². The second-order valence-electron chi connectivity index (χ2n) is 4.16. The predicted molar refractivity (Wildman–Crippen MR) is 63.6 cm³/mol. The van der Waals surface area contributed by atoms with E-state index in [2.05, 4.69) is 31.0 Å². The van der Waals surface area contributed by atoms with Crippen molar-refractivity contribution in [2.45, 2.75) is 18.9 Å². The van der Waals surface area contributed by atoms with E-state index >= 15 is 0 Å². The molecule has 0 radical (unpaired) electrons. The van der Waals surface area contributed by atoms with Crippen LogP contribution < -0.4 is 10.2 Å². The molecule has 1 aliphatic carbocycles. The molecule has 0 unspecified atom stereocenters. The van der Waals surface area contributed by atoms with Gasteiger partial charge in [0.1, 0.15) is 14.0 Å². The molecule has 2 aromatic rings. The van der Waals surface area contributed by atoms with Gasteiger partial charge in [0.2, 0.25) is 5.88 Å². The average Bonchev–Trinajstić information content (AvgIpc) is 3.02. The number of rotatable bonds is 2. The zero-order chi connectivity index (χ0) is 10.3. The van der Waals surface area contributed by atoms with Crippen molar-refractivity contribution in [3.05, 3.63) is 30.3 Å². The fourth-order valence-corrected chi connectivity index (χ4v) is 1.65. The van der Waals surface area contributed by atoms with Crippen molar-refractivity contribution < 1.29 is 4.74 Å². The van der Waals surface area contributed by atoms with Gasteiger partial charge in [-0.05, 0) is 30.4 Å². The van der Waals surface area contributed by atoms with Crippen molar-refractivity contribution >= 4 is 24.2 Å². The van der Waals surface area contributed by atoms with Crippen molar-refractivity contribution in [1.82, 2.24) is 4.98 Å². The Bertz CT molecular complexity index is 508. The van der Waals surface area contributed by atoms with Crippen LogP contribution in [0, 0.1) is 0 Å². The zero-order valence-electron chi connectivity index (χ0n) is 8.73. The molecule has 1 aromatic carbocycles. The molecular formula is C12H12BNO. The summed E-state index contributed by atoms with van der Waals surface area (Å²) in [6.07, 6.45) is 2.77. The molecule has 1 fully saturated rings. The van der Waals surface area contributed by atoms with Gasteiger partial charge in [0.15, 0.2) is 0 Å². The second-order valence-corrected chi connectivity index (χ2v) is 4.16. The Labute approximate surface area is 89.7 Å². The summed E-state index contributed by atoms with van der Waals surface area (Å²) in [4.78, 5) is 4.47. The van der Waals surface area contributed by atoms with Crippen LogP contribution in [0.3, 0.4) is 0 Å². The number of ether oxygens (including phenoxy) is 1. The van der Waals surface area contributed by atoms with E-state index in [0.717, 1.165) is 11.4 Å². The largest absolute Gasteiger partial charge is 0.474 e. The fourth-order valence-electron chi connectivity index (χ4n) is 1.65. The smallest absolute Gasteiger partial charge is 0.214 e. The van der Waals surface area contributed by atoms with Crippen LogP contribution in [-0.2, 0) is 0 Å². The molecule has 1 saturated carbocycles. The Morgan fingerprint density at radius 1 is 1.20 bits per heavy atom. The van der Waals surface area contributed by atoms with E-state index < -0.39 is 0 Å². The molecule has 0 amide bonds. The van der Waals surface area contributed by atoms with Crippen LogP contribution in [0.2, 0.25) is 0 Å². The summed E-state index contributed by atoms with van der Waals surface area (Å²) in [6.45, 7) is 0. The summed E-state index contributed by atoms with van der Waals surface area (Å²) < 4.78 is 5.65. The zero-order valence-corrected chi connectivity index (χ0v) is 8.73. The van der Waals surface area contributed by atoms with Gasteiger partial charge in [-0.25, -0.2) is 4.98 Å². The fraction of sp³-hybridized carbons (Fsp3) is 0.250. The summed E-state index contributed by atoms with van der Waals surface area (Å²) >= 11 is 0. The first-order valence-electron chi connectivity index (χ1n) is 5.35. The van der Waals surface area contributed by atoms with Gasteiger partial charge in [0, 0.05) is 6.07 Å². The molecule has 74 valence electrons. The second kappa shape index (κ2) is 3.26. The van der Waals surface area contributed by atoms with E-state index in [0.29, 0.717) is 6.10 Å². The molecule has 15 heavy (non-hydrogen) atoms. The maximum Gasteiger partial charge on any atom is 0.214 e. The minimum atomic E-state index is 0.417. The van der Waals surface area contributed by atoms with E-state index in [9.17, 15) is 0 Å². The first kappa shape index (κ1) is 8.78. The Morgan fingerprint density at radius 3 is 2.87 bits per heavy atom. The lowest BCUT2D eigenvalue weighted by Gasteiger charge is -2.04. The molecule has 0 N–H and O–H groups in total. The van der Waals surface area contributed by atoms with Gasteiger partial charge in [-0.1, -0.05) is 17.6 Å². The molecule has 2 nitrogen and oxygen atoms in total. The topological polar surface area (TPSA) is 22.1 Å². The molecule has 0 bridgehead atoms. The number of pyridine rings is 1. The number of nitrogens with zero attached hydrogens (tertiary/aromatic N) is 1. The van der Waals surface area contributed by atoms with Crippen molar-refractivity contribution in [3.8, 4) is 5.88 Å². The van der Waals surface area contributed by atoms with Gasteiger partial charge in [-0.3, -0.25) is 0 Å². The average molecular weight is 197 g/mol. The molecule has 0 aliphatic heterocycles. The Kier molecular flexibility index (Phi) is 1.91. The Balaban J connectivity index is 2.01. The lowest BCUT2D eigenvalue weighted by molar-refractivity contribution is 0.292. The van der Waals surface area contributed by atoms with Crippen molar-refractivity contribution in [1.29, 1.82) is 0 Å². The molecule has 0 saturated heterocycles. The van der Waals surface area contributed by atoms with Crippen molar-refractivity contribution in [2.24, 2.45) is 0 Å². The Morgan fingerprint density at radius 2 is 2.07 bits per heavy atom. The number of aromatic nitrogens is 1. The quantitative estimate of drug-likeness (QED) is 0.671.